The highest BCUT2D eigenvalue weighted by atomic mass is 16.4. The van der Waals surface area contributed by atoms with E-state index in [1.165, 1.54) is 0 Å². The summed E-state index contributed by atoms with van der Waals surface area (Å²) in [5.41, 5.74) is 2.64. The van der Waals surface area contributed by atoms with Crippen LogP contribution in [-0.4, -0.2) is 27.6 Å². The van der Waals surface area contributed by atoms with E-state index < -0.39 is 5.97 Å². The molecule has 0 aliphatic carbocycles. The van der Waals surface area contributed by atoms with Gasteiger partial charge in [-0.1, -0.05) is 0 Å². The number of hydrogen-bond acceptors (Lipinski definition) is 4. The van der Waals surface area contributed by atoms with Gasteiger partial charge in [-0.3, -0.25) is 4.79 Å². The number of aliphatic carboxylic acids is 1. The van der Waals surface area contributed by atoms with Gasteiger partial charge in [0.1, 0.15) is 5.82 Å². The zero-order valence-electron chi connectivity index (χ0n) is 8.58. The van der Waals surface area contributed by atoms with E-state index in [0.717, 1.165) is 24.2 Å². The highest BCUT2D eigenvalue weighted by molar-refractivity contribution is 5.70. The molecule has 2 N–H and O–H groups in total. The van der Waals surface area contributed by atoms with Crippen LogP contribution in [0, 0.1) is 6.92 Å². The topological polar surface area (TPSA) is 75.1 Å². The van der Waals surface area contributed by atoms with E-state index in [0.29, 0.717) is 18.1 Å². The van der Waals surface area contributed by atoms with Crippen LogP contribution < -0.4 is 5.32 Å². The summed E-state index contributed by atoms with van der Waals surface area (Å²) in [5, 5.41) is 12.0. The average Bonchev–Trinajstić information content (AvgIpc) is 2.16. The van der Waals surface area contributed by atoms with Gasteiger partial charge >= 0.3 is 5.97 Å². The number of nitrogens with zero attached hydrogens (tertiary/aromatic N) is 2. The second-order valence-electron chi connectivity index (χ2n) is 3.64. The standard InChI is InChI=1S/C10H13N3O2/c1-6-12-8(4-10(14)15)7-2-3-11-5-9(7)13-6/h11H,2-5H2,1H3,(H,14,15). The lowest BCUT2D eigenvalue weighted by Gasteiger charge is -2.18. The van der Waals surface area contributed by atoms with E-state index in [2.05, 4.69) is 15.3 Å². The Balaban J connectivity index is 2.43. The molecule has 5 nitrogen and oxygen atoms in total. The van der Waals surface area contributed by atoms with Crippen LogP contribution in [-0.2, 0) is 24.2 Å². The van der Waals surface area contributed by atoms with Crippen molar-refractivity contribution in [1.29, 1.82) is 0 Å². The number of aromatic nitrogens is 2. The number of hydrogen-bond donors (Lipinski definition) is 2. The monoisotopic (exact) mass is 207 g/mol. The summed E-state index contributed by atoms with van der Waals surface area (Å²) in [4.78, 5) is 19.2. The van der Waals surface area contributed by atoms with Crippen molar-refractivity contribution in [2.75, 3.05) is 6.54 Å². The van der Waals surface area contributed by atoms with Crippen molar-refractivity contribution in [1.82, 2.24) is 15.3 Å². The van der Waals surface area contributed by atoms with Gasteiger partial charge in [0, 0.05) is 6.54 Å². The Bertz CT molecular complexity index is 404. The second-order valence-corrected chi connectivity index (χ2v) is 3.64. The molecule has 0 amide bonds. The van der Waals surface area contributed by atoms with Crippen LogP contribution in [0.1, 0.15) is 22.8 Å². The van der Waals surface area contributed by atoms with Crippen LogP contribution in [0.2, 0.25) is 0 Å². The number of aryl methyl sites for hydroxylation is 1. The van der Waals surface area contributed by atoms with Gasteiger partial charge in [0.2, 0.25) is 0 Å². The van der Waals surface area contributed by atoms with Crippen LogP contribution in [0.5, 0.6) is 0 Å². The first-order chi connectivity index (χ1) is 7.16. The number of carboxylic acid groups (broad SMARTS) is 1. The summed E-state index contributed by atoms with van der Waals surface area (Å²) in [5.74, 6) is -0.192. The zero-order chi connectivity index (χ0) is 10.8. The molecule has 1 aliphatic rings. The fourth-order valence-electron chi connectivity index (χ4n) is 1.86. The molecule has 0 unspecified atom stereocenters. The average molecular weight is 207 g/mol. The Morgan fingerprint density at radius 2 is 2.33 bits per heavy atom. The molecule has 1 aromatic rings. The molecule has 2 heterocycles. The van der Waals surface area contributed by atoms with E-state index in [1.54, 1.807) is 6.92 Å². The van der Waals surface area contributed by atoms with E-state index in [-0.39, 0.29) is 6.42 Å². The van der Waals surface area contributed by atoms with Gasteiger partial charge in [-0.15, -0.1) is 0 Å². The van der Waals surface area contributed by atoms with Crippen molar-refractivity contribution in [3.63, 3.8) is 0 Å². The zero-order valence-corrected chi connectivity index (χ0v) is 8.58. The third-order valence-electron chi connectivity index (χ3n) is 2.45. The van der Waals surface area contributed by atoms with Gasteiger partial charge in [-0.2, -0.15) is 0 Å². The maximum atomic E-state index is 10.7. The molecule has 0 spiro atoms. The van der Waals surface area contributed by atoms with E-state index in [9.17, 15) is 4.79 Å². The largest absolute Gasteiger partial charge is 0.481 e. The molecule has 0 fully saturated rings. The Morgan fingerprint density at radius 1 is 1.53 bits per heavy atom. The maximum absolute atomic E-state index is 10.7. The van der Waals surface area contributed by atoms with Gasteiger partial charge in [0.15, 0.2) is 0 Å². The van der Waals surface area contributed by atoms with E-state index in [1.807, 2.05) is 0 Å². The van der Waals surface area contributed by atoms with Crippen LogP contribution in [0.25, 0.3) is 0 Å². The molecule has 0 radical (unpaired) electrons. The summed E-state index contributed by atoms with van der Waals surface area (Å²) >= 11 is 0. The van der Waals surface area contributed by atoms with Crippen molar-refractivity contribution in [2.45, 2.75) is 26.3 Å². The Morgan fingerprint density at radius 3 is 3.07 bits per heavy atom. The van der Waals surface area contributed by atoms with Gasteiger partial charge < -0.3 is 10.4 Å². The predicted molar refractivity (Wildman–Crippen MR) is 53.5 cm³/mol. The van der Waals surface area contributed by atoms with Gasteiger partial charge in [-0.05, 0) is 25.5 Å². The summed E-state index contributed by atoms with van der Waals surface area (Å²) < 4.78 is 0. The molecule has 0 aromatic carbocycles. The Hall–Kier alpha value is -1.49. The second kappa shape index (κ2) is 3.94. The number of carboxylic acids is 1. The third kappa shape index (κ3) is 2.12. The first kappa shape index (κ1) is 10.0. The number of fused-ring (bicyclic) bond motifs is 1. The molecule has 0 bridgehead atoms. The molecule has 2 rings (SSSR count). The molecule has 1 aromatic heterocycles. The van der Waals surface area contributed by atoms with Crippen LogP contribution >= 0.6 is 0 Å². The Kier molecular flexibility index (Phi) is 2.64. The first-order valence-electron chi connectivity index (χ1n) is 4.94. The summed E-state index contributed by atoms with van der Waals surface area (Å²) in [6, 6.07) is 0. The van der Waals surface area contributed by atoms with Crippen LogP contribution in [0.3, 0.4) is 0 Å². The third-order valence-corrected chi connectivity index (χ3v) is 2.45. The fraction of sp³-hybridized carbons (Fsp3) is 0.500. The van der Waals surface area contributed by atoms with Crippen LogP contribution in [0.15, 0.2) is 0 Å². The minimum Gasteiger partial charge on any atom is -0.481 e. The SMILES string of the molecule is Cc1nc2c(c(CC(=O)O)n1)CCNC2. The minimum atomic E-state index is -0.839. The lowest BCUT2D eigenvalue weighted by Crippen LogP contribution is -2.27. The summed E-state index contributed by atoms with van der Waals surface area (Å²) in [7, 11) is 0. The number of nitrogens with one attached hydrogen (secondary N) is 1. The van der Waals surface area contributed by atoms with Crippen molar-refractivity contribution < 1.29 is 9.90 Å². The fourth-order valence-corrected chi connectivity index (χ4v) is 1.86. The summed E-state index contributed by atoms with van der Waals surface area (Å²) in [6.07, 6.45) is 0.809. The van der Waals surface area contributed by atoms with Crippen molar-refractivity contribution in [3.8, 4) is 0 Å². The number of carbonyl (C=O) groups is 1. The Labute approximate surface area is 87.6 Å². The number of rotatable bonds is 2. The quantitative estimate of drug-likeness (QED) is 0.717. The van der Waals surface area contributed by atoms with E-state index in [4.69, 9.17) is 5.11 Å². The molecule has 80 valence electrons. The van der Waals surface area contributed by atoms with Crippen molar-refractivity contribution in [3.05, 3.63) is 22.8 Å². The molecule has 0 atom stereocenters. The minimum absolute atomic E-state index is 0.00824. The summed E-state index contributed by atoms with van der Waals surface area (Å²) in [6.45, 7) is 3.37. The first-order valence-corrected chi connectivity index (χ1v) is 4.94. The predicted octanol–water partition coefficient (Wildman–Crippen LogP) is 0.0578. The highest BCUT2D eigenvalue weighted by Gasteiger charge is 2.17. The lowest BCUT2D eigenvalue weighted by molar-refractivity contribution is -0.136. The molecule has 15 heavy (non-hydrogen) atoms. The van der Waals surface area contributed by atoms with Crippen molar-refractivity contribution in [2.24, 2.45) is 0 Å². The molecule has 5 heteroatoms. The van der Waals surface area contributed by atoms with Crippen molar-refractivity contribution >= 4 is 5.97 Å². The molecule has 0 saturated heterocycles. The van der Waals surface area contributed by atoms with Gasteiger partial charge in [-0.25, -0.2) is 9.97 Å². The molecule has 0 saturated carbocycles. The lowest BCUT2D eigenvalue weighted by atomic mass is 10.0. The van der Waals surface area contributed by atoms with E-state index >= 15 is 0 Å². The smallest absolute Gasteiger partial charge is 0.309 e. The highest BCUT2D eigenvalue weighted by Crippen LogP contribution is 2.16. The van der Waals surface area contributed by atoms with Crippen LogP contribution in [0.4, 0.5) is 0 Å². The maximum Gasteiger partial charge on any atom is 0.309 e. The van der Waals surface area contributed by atoms with Gasteiger partial charge in [0.25, 0.3) is 0 Å². The normalized spacial score (nSPS) is 14.7. The molecular weight excluding hydrogens is 194 g/mol. The molecule has 1 aliphatic heterocycles. The molecular formula is C10H13N3O2. The van der Waals surface area contributed by atoms with Gasteiger partial charge in [0.05, 0.1) is 17.8 Å².